The van der Waals surface area contributed by atoms with Gasteiger partial charge in [0.1, 0.15) is 5.82 Å². The number of hydrogen-bond donors (Lipinski definition) is 1. The Balaban J connectivity index is 1.91. The molecule has 0 spiro atoms. The number of amides is 1. The number of pyridine rings is 1. The van der Waals surface area contributed by atoms with E-state index >= 15 is 0 Å². The van der Waals surface area contributed by atoms with Crippen LogP contribution in [-0.2, 0) is 12.8 Å². The average molecular weight is 320 g/mol. The van der Waals surface area contributed by atoms with Crippen molar-refractivity contribution >= 4 is 22.8 Å². The van der Waals surface area contributed by atoms with E-state index in [9.17, 15) is 4.79 Å². The zero-order valence-corrected chi connectivity index (χ0v) is 14.1. The van der Waals surface area contributed by atoms with Crippen molar-refractivity contribution in [3.05, 3.63) is 59.0 Å². The van der Waals surface area contributed by atoms with Gasteiger partial charge in [-0.15, -0.1) is 0 Å². The number of aryl methyl sites for hydroxylation is 3. The molecule has 0 atom stereocenters. The summed E-state index contributed by atoms with van der Waals surface area (Å²) in [5.74, 6) is 0.333. The molecule has 0 saturated heterocycles. The first-order valence-electron chi connectivity index (χ1n) is 8.14. The molecule has 2 aromatic heterocycles. The molecule has 5 nitrogen and oxygen atoms in total. The number of nitrogens with zero attached hydrogens (tertiary/aromatic N) is 3. The highest BCUT2D eigenvalue weighted by Crippen LogP contribution is 2.17. The first-order chi connectivity index (χ1) is 11.6. The van der Waals surface area contributed by atoms with Crippen molar-refractivity contribution in [1.82, 2.24) is 15.0 Å². The quantitative estimate of drug-likeness (QED) is 0.795. The van der Waals surface area contributed by atoms with Gasteiger partial charge in [-0.25, -0.2) is 15.0 Å². The third kappa shape index (κ3) is 3.25. The van der Waals surface area contributed by atoms with Crippen molar-refractivity contribution in [3.8, 4) is 0 Å². The van der Waals surface area contributed by atoms with Crippen LogP contribution < -0.4 is 5.32 Å². The molecular formula is C19H20N4O. The highest BCUT2D eigenvalue weighted by molar-refractivity contribution is 6.05. The Hall–Kier alpha value is -2.82. The summed E-state index contributed by atoms with van der Waals surface area (Å²) in [6.07, 6.45) is 3.41. The van der Waals surface area contributed by atoms with Gasteiger partial charge in [0.25, 0.3) is 5.91 Å². The molecule has 1 aromatic carbocycles. The minimum absolute atomic E-state index is 0.201. The maximum atomic E-state index is 12.4. The third-order valence-electron chi connectivity index (χ3n) is 3.90. The molecule has 3 aromatic rings. The fourth-order valence-electron chi connectivity index (χ4n) is 2.57. The smallest absolute Gasteiger partial charge is 0.256 e. The second-order valence-electron chi connectivity index (χ2n) is 5.70. The van der Waals surface area contributed by atoms with Gasteiger partial charge in [-0.05, 0) is 49.6 Å². The topological polar surface area (TPSA) is 67.8 Å². The van der Waals surface area contributed by atoms with Crippen LogP contribution in [0.1, 0.15) is 41.2 Å². The van der Waals surface area contributed by atoms with E-state index in [-0.39, 0.29) is 5.91 Å². The molecule has 0 aliphatic rings. The Bertz CT molecular complexity index is 888. The number of fused-ring (bicyclic) bond motifs is 1. The summed E-state index contributed by atoms with van der Waals surface area (Å²) in [5.41, 5.74) is 5.16. The second kappa shape index (κ2) is 6.74. The van der Waals surface area contributed by atoms with Gasteiger partial charge in [-0.2, -0.15) is 0 Å². The lowest BCUT2D eigenvalue weighted by atomic mass is 10.1. The second-order valence-corrected chi connectivity index (χ2v) is 5.70. The van der Waals surface area contributed by atoms with E-state index in [2.05, 4.69) is 34.1 Å². The fraction of sp³-hybridized carbons (Fsp3) is 0.263. The molecule has 5 heteroatoms. The van der Waals surface area contributed by atoms with Crippen LogP contribution in [0.3, 0.4) is 0 Å². The van der Waals surface area contributed by atoms with Crippen molar-refractivity contribution in [2.75, 3.05) is 5.32 Å². The van der Waals surface area contributed by atoms with Crippen LogP contribution in [-0.4, -0.2) is 20.9 Å². The first kappa shape index (κ1) is 16.1. The van der Waals surface area contributed by atoms with E-state index in [1.54, 1.807) is 24.4 Å². The summed E-state index contributed by atoms with van der Waals surface area (Å²) in [5, 5.41) is 2.80. The van der Waals surface area contributed by atoms with Crippen molar-refractivity contribution in [3.63, 3.8) is 0 Å². The Morgan fingerprint density at radius 3 is 2.33 bits per heavy atom. The van der Waals surface area contributed by atoms with Crippen molar-refractivity contribution < 1.29 is 4.79 Å². The van der Waals surface area contributed by atoms with E-state index in [1.165, 1.54) is 0 Å². The van der Waals surface area contributed by atoms with E-state index in [0.717, 1.165) is 40.8 Å². The molecule has 122 valence electrons. The van der Waals surface area contributed by atoms with Gasteiger partial charge < -0.3 is 5.32 Å². The molecule has 1 N–H and O–H groups in total. The minimum atomic E-state index is -0.201. The van der Waals surface area contributed by atoms with Gasteiger partial charge in [0.15, 0.2) is 0 Å². The number of carbonyl (C=O) groups excluding carboxylic acids is 1. The molecule has 1 amide bonds. The average Bonchev–Trinajstić information content (AvgIpc) is 2.61. The van der Waals surface area contributed by atoms with Gasteiger partial charge in [0.05, 0.1) is 22.4 Å². The normalized spacial score (nSPS) is 10.8. The molecule has 0 unspecified atom stereocenters. The first-order valence-corrected chi connectivity index (χ1v) is 8.14. The number of benzene rings is 1. The lowest BCUT2D eigenvalue weighted by molar-refractivity contribution is 0.102. The predicted molar refractivity (Wildman–Crippen MR) is 95.2 cm³/mol. The van der Waals surface area contributed by atoms with Crippen LogP contribution in [0.4, 0.5) is 5.82 Å². The fourth-order valence-corrected chi connectivity index (χ4v) is 2.57. The summed E-state index contributed by atoms with van der Waals surface area (Å²) in [4.78, 5) is 25.9. The summed E-state index contributed by atoms with van der Waals surface area (Å²) >= 11 is 0. The summed E-state index contributed by atoms with van der Waals surface area (Å²) in [6.45, 7) is 6.09. The molecule has 0 aliphatic carbocycles. The lowest BCUT2D eigenvalue weighted by Gasteiger charge is -2.08. The molecular weight excluding hydrogens is 300 g/mol. The minimum Gasteiger partial charge on any atom is -0.307 e. The van der Waals surface area contributed by atoms with Gasteiger partial charge in [0.2, 0.25) is 0 Å². The van der Waals surface area contributed by atoms with Crippen LogP contribution >= 0.6 is 0 Å². The third-order valence-corrected chi connectivity index (χ3v) is 3.90. The van der Waals surface area contributed by atoms with Gasteiger partial charge >= 0.3 is 0 Å². The van der Waals surface area contributed by atoms with E-state index in [1.807, 2.05) is 19.1 Å². The SMILES string of the molecule is CCc1nc2ccc(C(=O)Nc3ccc(C)cn3)cc2nc1CC. The van der Waals surface area contributed by atoms with Gasteiger partial charge in [-0.3, -0.25) is 4.79 Å². The molecule has 2 heterocycles. The summed E-state index contributed by atoms with van der Waals surface area (Å²) in [6, 6.07) is 9.10. The van der Waals surface area contributed by atoms with E-state index < -0.39 is 0 Å². The maximum Gasteiger partial charge on any atom is 0.256 e. The standard InChI is InChI=1S/C19H20N4O/c1-4-14-15(5-2)22-17-10-13(7-8-16(17)21-14)19(24)23-18-9-6-12(3)11-20-18/h6-11H,4-5H2,1-3H3,(H,20,23,24). The largest absolute Gasteiger partial charge is 0.307 e. The monoisotopic (exact) mass is 320 g/mol. The molecule has 3 rings (SSSR count). The van der Waals surface area contributed by atoms with Crippen LogP contribution in [0.25, 0.3) is 11.0 Å². The number of nitrogens with one attached hydrogen (secondary N) is 1. The van der Waals surface area contributed by atoms with Gasteiger partial charge in [0, 0.05) is 11.8 Å². The molecule has 24 heavy (non-hydrogen) atoms. The Morgan fingerprint density at radius 1 is 1.00 bits per heavy atom. The molecule has 0 fully saturated rings. The van der Waals surface area contributed by atoms with Gasteiger partial charge in [-0.1, -0.05) is 19.9 Å². The Morgan fingerprint density at radius 2 is 1.71 bits per heavy atom. The van der Waals surface area contributed by atoms with Crippen LogP contribution in [0.5, 0.6) is 0 Å². The molecule has 0 bridgehead atoms. The number of hydrogen-bond acceptors (Lipinski definition) is 4. The maximum absolute atomic E-state index is 12.4. The predicted octanol–water partition coefficient (Wildman–Crippen LogP) is 3.71. The molecule has 0 aliphatic heterocycles. The lowest BCUT2D eigenvalue weighted by Crippen LogP contribution is -2.13. The highest BCUT2D eigenvalue weighted by Gasteiger charge is 2.11. The van der Waals surface area contributed by atoms with Crippen LogP contribution in [0.2, 0.25) is 0 Å². The van der Waals surface area contributed by atoms with Crippen molar-refractivity contribution in [1.29, 1.82) is 0 Å². The Kier molecular flexibility index (Phi) is 4.51. The zero-order valence-electron chi connectivity index (χ0n) is 14.1. The molecule has 0 radical (unpaired) electrons. The molecule has 0 saturated carbocycles. The number of rotatable bonds is 4. The summed E-state index contributed by atoms with van der Waals surface area (Å²) < 4.78 is 0. The highest BCUT2D eigenvalue weighted by atomic mass is 16.1. The van der Waals surface area contributed by atoms with E-state index in [0.29, 0.717) is 11.4 Å². The van der Waals surface area contributed by atoms with E-state index in [4.69, 9.17) is 0 Å². The van der Waals surface area contributed by atoms with Crippen LogP contribution in [0, 0.1) is 6.92 Å². The number of carbonyl (C=O) groups is 1. The Labute approximate surface area is 141 Å². The summed E-state index contributed by atoms with van der Waals surface area (Å²) in [7, 11) is 0. The number of anilines is 1. The van der Waals surface area contributed by atoms with Crippen molar-refractivity contribution in [2.24, 2.45) is 0 Å². The van der Waals surface area contributed by atoms with Crippen LogP contribution in [0.15, 0.2) is 36.5 Å². The number of aromatic nitrogens is 3. The zero-order chi connectivity index (χ0) is 17.1. The van der Waals surface area contributed by atoms with Crippen molar-refractivity contribution in [2.45, 2.75) is 33.6 Å².